The van der Waals surface area contributed by atoms with E-state index in [2.05, 4.69) is 9.36 Å². The molecular weight excluding hydrogens is 302 g/mol. The molecular formula is C15H13N3OS2. The first-order valence-electron chi connectivity index (χ1n) is 6.34. The number of benzene rings is 1. The number of aromatic nitrogens is 2. The van der Waals surface area contributed by atoms with Crippen LogP contribution in [0.25, 0.3) is 21.2 Å². The Morgan fingerprint density at radius 2 is 1.95 bits per heavy atom. The largest absolute Gasteiger partial charge is 0.431 e. The summed E-state index contributed by atoms with van der Waals surface area (Å²) in [4.78, 5) is 5.84. The van der Waals surface area contributed by atoms with Crippen LogP contribution in [0, 0.1) is 0 Å². The molecule has 0 aliphatic heterocycles. The first-order valence-corrected chi connectivity index (χ1v) is 7.52. The molecule has 2 aromatic heterocycles. The van der Waals surface area contributed by atoms with E-state index in [0.717, 1.165) is 27.0 Å². The van der Waals surface area contributed by atoms with Crippen molar-refractivity contribution in [2.45, 2.75) is 0 Å². The predicted molar refractivity (Wildman–Crippen MR) is 89.8 cm³/mol. The van der Waals surface area contributed by atoms with Crippen LogP contribution in [-0.2, 0) is 0 Å². The molecule has 0 aliphatic carbocycles. The minimum absolute atomic E-state index is 0.425. The van der Waals surface area contributed by atoms with Gasteiger partial charge in [0, 0.05) is 43.6 Å². The number of hydrogen-bond acceptors (Lipinski definition) is 5. The van der Waals surface area contributed by atoms with Crippen molar-refractivity contribution in [3.8, 4) is 16.9 Å². The van der Waals surface area contributed by atoms with E-state index < -0.39 is 0 Å². The summed E-state index contributed by atoms with van der Waals surface area (Å²) in [5, 5.41) is 1.52. The summed E-state index contributed by atoms with van der Waals surface area (Å²) in [5.41, 5.74) is 2.04. The summed E-state index contributed by atoms with van der Waals surface area (Å²) in [6, 6.07) is 7.85. The highest BCUT2D eigenvalue weighted by molar-refractivity contribution is 7.80. The molecule has 0 saturated carbocycles. The lowest BCUT2D eigenvalue weighted by Crippen LogP contribution is -2.25. The van der Waals surface area contributed by atoms with E-state index in [1.807, 2.05) is 44.6 Å². The summed E-state index contributed by atoms with van der Waals surface area (Å²) in [6.45, 7) is 0. The van der Waals surface area contributed by atoms with Crippen molar-refractivity contribution in [1.29, 1.82) is 0 Å². The second-order valence-electron chi connectivity index (χ2n) is 4.68. The molecule has 0 fully saturated rings. The van der Waals surface area contributed by atoms with E-state index in [-0.39, 0.29) is 0 Å². The number of ether oxygens (including phenoxy) is 1. The number of rotatable bonds is 2. The van der Waals surface area contributed by atoms with Crippen LogP contribution in [-0.4, -0.2) is 33.5 Å². The normalized spacial score (nSPS) is 10.6. The van der Waals surface area contributed by atoms with Crippen LogP contribution in [0.3, 0.4) is 0 Å². The maximum atomic E-state index is 5.85. The van der Waals surface area contributed by atoms with E-state index >= 15 is 0 Å². The first-order chi connectivity index (χ1) is 10.2. The van der Waals surface area contributed by atoms with E-state index in [9.17, 15) is 0 Å². The molecule has 1 aromatic carbocycles. The predicted octanol–water partition coefficient (Wildman–Crippen LogP) is 3.58. The van der Waals surface area contributed by atoms with Crippen molar-refractivity contribution in [3.63, 3.8) is 0 Å². The topological polar surface area (TPSA) is 38.2 Å². The summed E-state index contributed by atoms with van der Waals surface area (Å²) >= 11 is 6.70. The highest BCUT2D eigenvalue weighted by Crippen LogP contribution is 2.38. The molecule has 6 heteroatoms. The Kier molecular flexibility index (Phi) is 3.81. The van der Waals surface area contributed by atoms with Crippen molar-refractivity contribution in [3.05, 3.63) is 42.9 Å². The van der Waals surface area contributed by atoms with Crippen LogP contribution < -0.4 is 4.74 Å². The van der Waals surface area contributed by atoms with E-state index in [0.29, 0.717) is 5.17 Å². The Labute approximate surface area is 132 Å². The van der Waals surface area contributed by atoms with Gasteiger partial charge in [-0.3, -0.25) is 4.98 Å². The Bertz CT molecular complexity index is 784. The second-order valence-corrected chi connectivity index (χ2v) is 5.83. The minimum atomic E-state index is 0.425. The maximum absolute atomic E-state index is 5.85. The zero-order chi connectivity index (χ0) is 14.8. The number of pyridine rings is 1. The fourth-order valence-corrected chi connectivity index (χ4v) is 2.88. The molecule has 106 valence electrons. The van der Waals surface area contributed by atoms with Crippen LogP contribution in [0.1, 0.15) is 0 Å². The highest BCUT2D eigenvalue weighted by Gasteiger charge is 2.15. The second kappa shape index (κ2) is 5.75. The lowest BCUT2D eigenvalue weighted by atomic mass is 10.0. The molecule has 2 heterocycles. The number of thiocarbonyl (C=S) groups is 1. The molecule has 0 unspecified atom stereocenters. The third-order valence-electron chi connectivity index (χ3n) is 3.02. The number of hydrogen-bond donors (Lipinski definition) is 0. The van der Waals surface area contributed by atoms with Crippen LogP contribution in [0.15, 0.2) is 42.9 Å². The van der Waals surface area contributed by atoms with Gasteiger partial charge in [0.1, 0.15) is 5.75 Å². The zero-order valence-electron chi connectivity index (χ0n) is 11.6. The molecule has 0 bridgehead atoms. The average Bonchev–Trinajstić information content (AvgIpc) is 2.96. The van der Waals surface area contributed by atoms with Crippen LogP contribution >= 0.6 is 23.8 Å². The van der Waals surface area contributed by atoms with Gasteiger partial charge < -0.3 is 9.64 Å². The fourth-order valence-electron chi connectivity index (χ4n) is 1.98. The lowest BCUT2D eigenvalue weighted by molar-refractivity contribution is 0.451. The van der Waals surface area contributed by atoms with E-state index in [1.54, 1.807) is 17.3 Å². The molecule has 3 rings (SSSR count). The summed E-state index contributed by atoms with van der Waals surface area (Å²) in [7, 11) is 3.72. The van der Waals surface area contributed by atoms with Gasteiger partial charge in [0.25, 0.3) is 5.17 Å². The molecule has 0 aliphatic rings. The monoisotopic (exact) mass is 315 g/mol. The fraction of sp³-hybridized carbons (Fsp3) is 0.133. The van der Waals surface area contributed by atoms with Gasteiger partial charge in [-0.05, 0) is 53.6 Å². The van der Waals surface area contributed by atoms with Crippen LogP contribution in [0.5, 0.6) is 5.75 Å². The lowest BCUT2D eigenvalue weighted by Gasteiger charge is -2.17. The third kappa shape index (κ3) is 2.72. The Morgan fingerprint density at radius 1 is 1.19 bits per heavy atom. The van der Waals surface area contributed by atoms with E-state index in [1.165, 1.54) is 11.5 Å². The Balaban J connectivity index is 2.18. The van der Waals surface area contributed by atoms with Gasteiger partial charge in [-0.1, -0.05) is 0 Å². The minimum Gasteiger partial charge on any atom is -0.431 e. The molecule has 0 amide bonds. The van der Waals surface area contributed by atoms with Gasteiger partial charge in [0.2, 0.25) is 0 Å². The van der Waals surface area contributed by atoms with Crippen molar-refractivity contribution >= 4 is 39.0 Å². The highest BCUT2D eigenvalue weighted by atomic mass is 32.1. The SMILES string of the molecule is CN(C)C(=S)Oc1ccc2cnsc2c1-c1ccncc1. The quantitative estimate of drug-likeness (QED) is 0.676. The average molecular weight is 315 g/mol. The van der Waals surface area contributed by atoms with Crippen LogP contribution in [0.4, 0.5) is 0 Å². The third-order valence-corrected chi connectivity index (χ3v) is 4.30. The van der Waals surface area contributed by atoms with Crippen molar-refractivity contribution in [2.75, 3.05) is 14.1 Å². The molecule has 0 atom stereocenters. The molecule has 0 radical (unpaired) electrons. The standard InChI is InChI=1S/C15H13N3OS2/c1-18(2)15(20)19-12-4-3-11-9-17-21-14(11)13(12)10-5-7-16-8-6-10/h3-9H,1-2H3. The summed E-state index contributed by atoms with van der Waals surface area (Å²) in [5.74, 6) is 0.733. The van der Waals surface area contributed by atoms with Gasteiger partial charge >= 0.3 is 0 Å². The molecule has 21 heavy (non-hydrogen) atoms. The van der Waals surface area contributed by atoms with Crippen molar-refractivity contribution < 1.29 is 4.74 Å². The Morgan fingerprint density at radius 3 is 2.67 bits per heavy atom. The number of nitrogens with zero attached hydrogens (tertiary/aromatic N) is 3. The molecule has 3 aromatic rings. The number of fused-ring (bicyclic) bond motifs is 1. The van der Waals surface area contributed by atoms with Crippen molar-refractivity contribution in [2.24, 2.45) is 0 Å². The Hall–Kier alpha value is -2.05. The molecule has 4 nitrogen and oxygen atoms in total. The van der Waals surface area contributed by atoms with Gasteiger partial charge in [-0.25, -0.2) is 0 Å². The van der Waals surface area contributed by atoms with Gasteiger partial charge in [-0.2, -0.15) is 4.37 Å². The van der Waals surface area contributed by atoms with E-state index in [4.69, 9.17) is 17.0 Å². The summed E-state index contributed by atoms with van der Waals surface area (Å²) in [6.07, 6.45) is 5.39. The molecule has 0 saturated heterocycles. The van der Waals surface area contributed by atoms with Gasteiger partial charge in [0.05, 0.1) is 4.70 Å². The molecule has 0 spiro atoms. The maximum Gasteiger partial charge on any atom is 0.264 e. The van der Waals surface area contributed by atoms with Crippen molar-refractivity contribution in [1.82, 2.24) is 14.3 Å². The van der Waals surface area contributed by atoms with Crippen LogP contribution in [0.2, 0.25) is 0 Å². The summed E-state index contributed by atoms with van der Waals surface area (Å²) < 4.78 is 11.2. The first kappa shape index (κ1) is 13.9. The molecule has 0 N–H and O–H groups in total. The zero-order valence-corrected chi connectivity index (χ0v) is 13.2. The smallest absolute Gasteiger partial charge is 0.264 e. The van der Waals surface area contributed by atoms with Gasteiger partial charge in [-0.15, -0.1) is 0 Å². The van der Waals surface area contributed by atoms with Gasteiger partial charge in [0.15, 0.2) is 0 Å².